The molecule has 1 heterocycles. The third kappa shape index (κ3) is 16.1. The molecule has 6 rings (SSSR count). The zero-order valence-corrected chi connectivity index (χ0v) is 41.9. The highest BCUT2D eigenvalue weighted by Crippen LogP contribution is 2.42. The van der Waals surface area contributed by atoms with Crippen LogP contribution in [0.15, 0.2) is 128 Å². The molecule has 0 aromatic heterocycles. The number of methoxy groups -OCH3 is 4. The van der Waals surface area contributed by atoms with Crippen molar-refractivity contribution in [2.45, 2.75) is 56.6 Å². The fourth-order valence-corrected chi connectivity index (χ4v) is 8.22. The molecular weight excluding hydrogens is 953 g/mol. The third-order valence-corrected chi connectivity index (χ3v) is 11.6. The van der Waals surface area contributed by atoms with Crippen LogP contribution in [0.5, 0.6) is 34.5 Å². The van der Waals surface area contributed by atoms with Gasteiger partial charge >= 0.3 is 11.9 Å². The number of hydrogen-bond donors (Lipinski definition) is 0. The van der Waals surface area contributed by atoms with Gasteiger partial charge < -0.3 is 71.1 Å². The molecule has 0 bridgehead atoms. The highest BCUT2D eigenvalue weighted by Gasteiger charge is 2.50. The van der Waals surface area contributed by atoms with Crippen LogP contribution in [0.1, 0.15) is 44.3 Å². The van der Waals surface area contributed by atoms with Gasteiger partial charge in [-0.1, -0.05) is 111 Å². The number of ether oxygens (including phenoxy) is 15. The Hall–Kier alpha value is -6.35. The molecule has 0 spiro atoms. The van der Waals surface area contributed by atoms with E-state index in [0.717, 1.165) is 16.7 Å². The maximum atomic E-state index is 14.9. The van der Waals surface area contributed by atoms with Gasteiger partial charge in [-0.3, -0.25) is 0 Å². The first-order valence-corrected chi connectivity index (χ1v) is 24.0. The second-order valence-electron chi connectivity index (χ2n) is 15.7. The maximum Gasteiger partial charge on any atom is 0.338 e. The summed E-state index contributed by atoms with van der Waals surface area (Å²) in [4.78, 5) is 29.1. The van der Waals surface area contributed by atoms with E-state index in [0.29, 0.717) is 5.75 Å². The summed E-state index contributed by atoms with van der Waals surface area (Å²) in [7, 11) is 5.84. The predicted octanol–water partition coefficient (Wildman–Crippen LogP) is 8.79. The van der Waals surface area contributed by atoms with Crippen LogP contribution < -0.4 is 28.4 Å². The molecule has 1 fully saturated rings. The summed E-state index contributed by atoms with van der Waals surface area (Å²) in [6.45, 7) is 5.10. The zero-order valence-electron chi connectivity index (χ0n) is 41.1. The van der Waals surface area contributed by atoms with Crippen molar-refractivity contribution in [3.63, 3.8) is 0 Å². The van der Waals surface area contributed by atoms with Crippen LogP contribution in [0.3, 0.4) is 0 Å². The quantitative estimate of drug-likeness (QED) is 0.0234. The molecule has 0 radical (unpaired) electrons. The fourth-order valence-electron chi connectivity index (χ4n) is 7.25. The van der Waals surface area contributed by atoms with Crippen LogP contribution >= 0.6 is 11.8 Å². The van der Waals surface area contributed by atoms with Crippen LogP contribution in [0.25, 0.3) is 0 Å². The molecule has 0 saturated carbocycles. The van der Waals surface area contributed by atoms with Gasteiger partial charge in [0.1, 0.15) is 43.6 Å². The molecule has 386 valence electrons. The summed E-state index contributed by atoms with van der Waals surface area (Å²) in [6, 6.07) is 34.5. The first-order valence-electron chi connectivity index (χ1n) is 23.0. The van der Waals surface area contributed by atoms with Crippen molar-refractivity contribution in [1.82, 2.24) is 0 Å². The average molecular weight is 1020 g/mol. The second kappa shape index (κ2) is 29.9. The molecule has 5 aromatic rings. The van der Waals surface area contributed by atoms with Crippen LogP contribution in [0.2, 0.25) is 0 Å². The van der Waals surface area contributed by atoms with E-state index in [1.165, 1.54) is 64.5 Å². The molecule has 0 unspecified atom stereocenters. The van der Waals surface area contributed by atoms with Crippen LogP contribution in [-0.4, -0.2) is 116 Å². The number of carbonyl (C=O) groups is 2. The van der Waals surface area contributed by atoms with E-state index >= 15 is 0 Å². The zero-order chi connectivity index (χ0) is 50.9. The number of thioether (sulfide) groups is 1. The lowest BCUT2D eigenvalue weighted by atomic mass is 9.98. The summed E-state index contributed by atoms with van der Waals surface area (Å²) in [5.41, 5.74) is 1.98. The third-order valence-electron chi connectivity index (χ3n) is 10.5. The SMILES string of the molecule is C=CCOc1c(OCOC)cc(C(=O)OC[C@H]2O[C@@H](SCC)[C@H](OCc3ccccc3)[C@@H](OCc3ccccc3)[C@@H]2OC(=O)c2cc(OCOC)c(OCc3ccccc3)c(OCOC)c2)cc1OCOC. The van der Waals surface area contributed by atoms with E-state index in [4.69, 9.17) is 71.1 Å². The Balaban J connectivity index is 1.40. The van der Waals surface area contributed by atoms with Crippen LogP contribution in [0, 0.1) is 0 Å². The average Bonchev–Trinajstić information content (AvgIpc) is 3.41. The molecule has 0 N–H and O–H groups in total. The molecular formula is C54H62O17S. The summed E-state index contributed by atoms with van der Waals surface area (Å²) in [5.74, 6) is -0.114. The molecule has 5 aromatic carbocycles. The molecule has 1 saturated heterocycles. The summed E-state index contributed by atoms with van der Waals surface area (Å²) in [5, 5.41) is 0. The minimum atomic E-state index is -1.26. The van der Waals surface area contributed by atoms with Gasteiger partial charge in [0.05, 0.1) is 24.3 Å². The molecule has 1 aliphatic rings. The first-order chi connectivity index (χ1) is 35.3. The van der Waals surface area contributed by atoms with Gasteiger partial charge in [0.15, 0.2) is 56.3 Å². The van der Waals surface area contributed by atoms with Gasteiger partial charge in [0.2, 0.25) is 11.5 Å². The van der Waals surface area contributed by atoms with E-state index in [9.17, 15) is 9.59 Å². The van der Waals surface area contributed by atoms with Gasteiger partial charge in [-0.2, -0.15) is 0 Å². The van der Waals surface area contributed by atoms with Crippen molar-refractivity contribution < 1.29 is 80.6 Å². The largest absolute Gasteiger partial charge is 0.482 e. The minimum Gasteiger partial charge on any atom is -0.482 e. The van der Waals surface area contributed by atoms with Crippen molar-refractivity contribution >= 4 is 23.7 Å². The predicted molar refractivity (Wildman–Crippen MR) is 266 cm³/mol. The first kappa shape index (κ1) is 55.0. The lowest BCUT2D eigenvalue weighted by molar-refractivity contribution is -0.237. The fraction of sp³-hybridized carbons (Fsp3) is 0.370. The summed E-state index contributed by atoms with van der Waals surface area (Å²) < 4.78 is 89.5. The lowest BCUT2D eigenvalue weighted by Crippen LogP contribution is -2.61. The van der Waals surface area contributed by atoms with Crippen molar-refractivity contribution in [2.24, 2.45) is 0 Å². The minimum absolute atomic E-state index is 0.00886. The monoisotopic (exact) mass is 1010 g/mol. The van der Waals surface area contributed by atoms with E-state index in [1.54, 1.807) is 6.08 Å². The molecule has 72 heavy (non-hydrogen) atoms. The van der Waals surface area contributed by atoms with E-state index in [1.807, 2.05) is 97.9 Å². The topological polar surface area (TPSA) is 173 Å². The van der Waals surface area contributed by atoms with Gasteiger partial charge in [0.25, 0.3) is 0 Å². The number of hydrogen-bond acceptors (Lipinski definition) is 18. The van der Waals surface area contributed by atoms with Gasteiger partial charge in [0, 0.05) is 28.4 Å². The van der Waals surface area contributed by atoms with Crippen LogP contribution in [-0.2, 0) is 62.5 Å². The normalized spacial score (nSPS) is 17.3. The van der Waals surface area contributed by atoms with Gasteiger partial charge in [-0.25, -0.2) is 9.59 Å². The lowest BCUT2D eigenvalue weighted by Gasteiger charge is -2.45. The summed E-state index contributed by atoms with van der Waals surface area (Å²) >= 11 is 1.47. The molecule has 5 atom stereocenters. The number of rotatable bonds is 31. The van der Waals surface area contributed by atoms with E-state index in [-0.39, 0.29) is 99.2 Å². The number of carbonyl (C=O) groups excluding carboxylic acids is 2. The Morgan fingerprint density at radius 2 is 0.986 bits per heavy atom. The van der Waals surface area contributed by atoms with Gasteiger partial charge in [-0.15, -0.1) is 11.8 Å². The van der Waals surface area contributed by atoms with Crippen molar-refractivity contribution in [3.8, 4) is 34.5 Å². The van der Waals surface area contributed by atoms with E-state index < -0.39 is 48.4 Å². The second-order valence-corrected chi connectivity index (χ2v) is 17.0. The Kier molecular flexibility index (Phi) is 22.8. The van der Waals surface area contributed by atoms with Crippen molar-refractivity contribution in [3.05, 3.63) is 156 Å². The molecule has 18 heteroatoms. The smallest absolute Gasteiger partial charge is 0.338 e. The van der Waals surface area contributed by atoms with Crippen LogP contribution in [0.4, 0.5) is 0 Å². The van der Waals surface area contributed by atoms with Crippen molar-refractivity contribution in [1.29, 1.82) is 0 Å². The Bertz CT molecular complexity index is 2350. The molecule has 0 aliphatic carbocycles. The Morgan fingerprint density at radius 1 is 0.556 bits per heavy atom. The highest BCUT2D eigenvalue weighted by atomic mass is 32.2. The highest BCUT2D eigenvalue weighted by molar-refractivity contribution is 7.99. The molecule has 0 amide bonds. The Morgan fingerprint density at radius 3 is 1.43 bits per heavy atom. The number of esters is 2. The maximum absolute atomic E-state index is 14.9. The standard InChI is InChI=1S/C54H62O17S/c1-7-24-61-47-42(66-33-57-3)25-40(26-43(47)67-34-58-4)52(55)65-32-46-49(50(63-30-38-20-14-10-15-21-38)51(54(70-46)72-8-2)64-31-39-22-16-11-17-23-39)71-53(56)41-27-44(68-35-59-5)48(45(28-41)69-36-60-6)62-29-37-18-12-9-13-19-37/h7,9-23,25-28,46,49-51,54H,1,8,24,29-36H2,2-6H3/t46-,49-,50+,51-,54+/m1/s1. The van der Waals surface area contributed by atoms with E-state index in [2.05, 4.69) is 6.58 Å². The molecule has 17 nitrogen and oxygen atoms in total. The van der Waals surface area contributed by atoms with Gasteiger partial charge in [-0.05, 0) is 46.7 Å². The Labute approximate surface area is 424 Å². The number of benzene rings is 5. The van der Waals surface area contributed by atoms with Crippen molar-refractivity contribution in [2.75, 3.05) is 74.6 Å². The molecule has 1 aliphatic heterocycles. The summed E-state index contributed by atoms with van der Waals surface area (Å²) in [6.07, 6.45) is -2.65.